The molecule has 0 aliphatic carbocycles. The average molecular weight is 371 g/mol. The van der Waals surface area contributed by atoms with E-state index in [0.29, 0.717) is 6.42 Å². The van der Waals surface area contributed by atoms with Gasteiger partial charge in [0, 0.05) is 6.92 Å². The molecule has 0 aromatic carbocycles. The lowest BCUT2D eigenvalue weighted by Gasteiger charge is -2.19. The van der Waals surface area contributed by atoms with Crippen molar-refractivity contribution >= 4 is 11.9 Å². The van der Waals surface area contributed by atoms with Crippen LogP contribution in [0, 0.1) is 5.92 Å². The first-order chi connectivity index (χ1) is 12.6. The Bertz CT molecular complexity index is 396. The fourth-order valence-electron chi connectivity index (χ4n) is 3.68. The number of ether oxygens (including phenoxy) is 2. The Balaban J connectivity index is 2.07. The number of esters is 2. The predicted octanol–water partition coefficient (Wildman–Crippen LogP) is 4.54. The van der Waals surface area contributed by atoms with Crippen LogP contribution in [0.2, 0.25) is 0 Å². The highest BCUT2D eigenvalue weighted by Gasteiger charge is 2.46. The molecular formula is C21H38O5. The van der Waals surface area contributed by atoms with Crippen molar-refractivity contribution in [2.45, 2.75) is 110 Å². The van der Waals surface area contributed by atoms with Crippen LogP contribution in [0.1, 0.15) is 97.3 Å². The van der Waals surface area contributed by atoms with Crippen molar-refractivity contribution in [3.63, 3.8) is 0 Å². The summed E-state index contributed by atoms with van der Waals surface area (Å²) in [6.45, 7) is 3.26. The van der Waals surface area contributed by atoms with E-state index in [1.54, 1.807) is 0 Å². The van der Waals surface area contributed by atoms with Crippen LogP contribution < -0.4 is 0 Å². The molecule has 0 aromatic heterocycles. The third-order valence-electron chi connectivity index (χ3n) is 5.18. The van der Waals surface area contributed by atoms with E-state index in [1.165, 1.54) is 71.1 Å². The van der Waals surface area contributed by atoms with Crippen molar-refractivity contribution in [1.29, 1.82) is 0 Å². The van der Waals surface area contributed by atoms with Gasteiger partial charge in [0.05, 0.1) is 12.5 Å². The standard InChI is InChI=1S/C21H38O5/c1-3-4-5-6-7-8-9-10-11-12-13-14-15-18-20(25-17(2)23)19(16-22)26-21(18)24/h18-20,22H,3-16H2,1-2H3/t18-,19+,20-/m1/s1. The summed E-state index contributed by atoms with van der Waals surface area (Å²) in [4.78, 5) is 23.2. The van der Waals surface area contributed by atoms with E-state index in [9.17, 15) is 14.7 Å². The van der Waals surface area contributed by atoms with Gasteiger partial charge >= 0.3 is 11.9 Å². The predicted molar refractivity (Wildman–Crippen MR) is 102 cm³/mol. The maximum atomic E-state index is 11.9. The summed E-state index contributed by atoms with van der Waals surface area (Å²) in [6, 6.07) is 0. The molecule has 0 amide bonds. The van der Waals surface area contributed by atoms with Gasteiger partial charge in [-0.05, 0) is 6.42 Å². The molecule has 0 radical (unpaired) electrons. The Morgan fingerprint density at radius 1 is 0.962 bits per heavy atom. The SMILES string of the molecule is CCCCCCCCCCCCCC[C@H]1C(=O)O[C@@H](CO)[C@@H]1OC(C)=O. The Morgan fingerprint density at radius 2 is 1.46 bits per heavy atom. The Morgan fingerprint density at radius 3 is 1.92 bits per heavy atom. The minimum atomic E-state index is -0.714. The fraction of sp³-hybridized carbons (Fsp3) is 0.905. The maximum absolute atomic E-state index is 11.9. The molecule has 0 unspecified atom stereocenters. The zero-order valence-electron chi connectivity index (χ0n) is 16.7. The van der Waals surface area contributed by atoms with E-state index in [0.717, 1.165) is 12.8 Å². The van der Waals surface area contributed by atoms with Crippen molar-refractivity contribution in [3.8, 4) is 0 Å². The topological polar surface area (TPSA) is 72.8 Å². The molecule has 1 saturated heterocycles. The third kappa shape index (κ3) is 9.02. The number of carbonyl (C=O) groups excluding carboxylic acids is 2. The fourth-order valence-corrected chi connectivity index (χ4v) is 3.68. The molecule has 1 aliphatic heterocycles. The van der Waals surface area contributed by atoms with Crippen LogP contribution in [0.15, 0.2) is 0 Å². The van der Waals surface area contributed by atoms with Gasteiger partial charge in [0.15, 0.2) is 12.2 Å². The maximum Gasteiger partial charge on any atom is 0.313 e. The van der Waals surface area contributed by atoms with Crippen LogP contribution >= 0.6 is 0 Å². The first-order valence-corrected chi connectivity index (χ1v) is 10.6. The van der Waals surface area contributed by atoms with Crippen molar-refractivity contribution in [1.82, 2.24) is 0 Å². The number of hydrogen-bond acceptors (Lipinski definition) is 5. The zero-order chi connectivity index (χ0) is 19.2. The van der Waals surface area contributed by atoms with Crippen LogP contribution in [0.3, 0.4) is 0 Å². The van der Waals surface area contributed by atoms with Gasteiger partial charge in [-0.3, -0.25) is 9.59 Å². The smallest absolute Gasteiger partial charge is 0.313 e. The zero-order valence-corrected chi connectivity index (χ0v) is 16.7. The number of unbranched alkanes of at least 4 members (excludes halogenated alkanes) is 11. The van der Waals surface area contributed by atoms with Crippen LogP contribution in [0.25, 0.3) is 0 Å². The normalized spacial score (nSPS) is 22.4. The summed E-state index contributed by atoms with van der Waals surface area (Å²) in [5, 5.41) is 9.29. The highest BCUT2D eigenvalue weighted by molar-refractivity contribution is 5.77. The van der Waals surface area contributed by atoms with Gasteiger partial charge in [-0.1, -0.05) is 84.0 Å². The van der Waals surface area contributed by atoms with Crippen molar-refractivity contribution in [2.24, 2.45) is 5.92 Å². The van der Waals surface area contributed by atoms with Gasteiger partial charge in [-0.25, -0.2) is 0 Å². The van der Waals surface area contributed by atoms with E-state index in [-0.39, 0.29) is 12.6 Å². The second kappa shape index (κ2) is 14.0. The van der Waals surface area contributed by atoms with Crippen molar-refractivity contribution in [2.75, 3.05) is 6.61 Å². The molecule has 1 aliphatic rings. The molecule has 0 aromatic rings. The third-order valence-corrected chi connectivity index (χ3v) is 5.18. The molecule has 152 valence electrons. The molecule has 0 spiro atoms. The van der Waals surface area contributed by atoms with Crippen molar-refractivity contribution < 1.29 is 24.2 Å². The Kier molecular flexibility index (Phi) is 12.4. The quantitative estimate of drug-likeness (QED) is 0.338. The molecule has 5 nitrogen and oxygen atoms in total. The van der Waals surface area contributed by atoms with Crippen molar-refractivity contribution in [3.05, 3.63) is 0 Å². The first-order valence-electron chi connectivity index (χ1n) is 10.6. The summed E-state index contributed by atoms with van der Waals surface area (Å²) in [7, 11) is 0. The molecular weight excluding hydrogens is 332 g/mol. The largest absolute Gasteiger partial charge is 0.458 e. The number of carbonyl (C=O) groups is 2. The minimum Gasteiger partial charge on any atom is -0.458 e. The van der Waals surface area contributed by atoms with Gasteiger partial charge in [-0.15, -0.1) is 0 Å². The molecule has 1 heterocycles. The Hall–Kier alpha value is -1.10. The van der Waals surface area contributed by atoms with Gasteiger partial charge in [0.25, 0.3) is 0 Å². The van der Waals surface area contributed by atoms with E-state index in [4.69, 9.17) is 9.47 Å². The van der Waals surface area contributed by atoms with Crippen LogP contribution in [-0.2, 0) is 19.1 Å². The monoisotopic (exact) mass is 370 g/mol. The number of cyclic esters (lactones) is 1. The molecule has 0 saturated carbocycles. The van der Waals surface area contributed by atoms with E-state index >= 15 is 0 Å². The number of hydrogen-bond donors (Lipinski definition) is 1. The number of rotatable bonds is 15. The molecule has 3 atom stereocenters. The summed E-state index contributed by atoms with van der Waals surface area (Å²) < 4.78 is 10.3. The molecule has 0 bridgehead atoms. The summed E-state index contributed by atoms with van der Waals surface area (Å²) in [6.07, 6.45) is 14.5. The number of aliphatic hydroxyl groups is 1. The Labute approximate surface area is 158 Å². The van der Waals surface area contributed by atoms with Gasteiger partial charge < -0.3 is 14.6 Å². The molecule has 26 heavy (non-hydrogen) atoms. The lowest BCUT2D eigenvalue weighted by molar-refractivity contribution is -0.152. The van der Waals surface area contributed by atoms with Gasteiger partial charge in [0.1, 0.15) is 0 Å². The minimum absolute atomic E-state index is 0.307. The summed E-state index contributed by atoms with van der Waals surface area (Å²) >= 11 is 0. The van der Waals surface area contributed by atoms with Crippen LogP contribution in [0.5, 0.6) is 0 Å². The van der Waals surface area contributed by atoms with E-state index in [1.807, 2.05) is 0 Å². The van der Waals surface area contributed by atoms with Gasteiger partial charge in [-0.2, -0.15) is 0 Å². The second-order valence-electron chi connectivity index (χ2n) is 7.52. The van der Waals surface area contributed by atoms with E-state index in [2.05, 4.69) is 6.92 Å². The van der Waals surface area contributed by atoms with Crippen LogP contribution in [-0.4, -0.2) is 35.9 Å². The van der Waals surface area contributed by atoms with E-state index < -0.39 is 24.1 Å². The summed E-state index contributed by atoms with van der Waals surface area (Å²) in [5.74, 6) is -1.22. The number of aliphatic hydroxyl groups excluding tert-OH is 1. The molecule has 1 fully saturated rings. The van der Waals surface area contributed by atoms with Crippen LogP contribution in [0.4, 0.5) is 0 Å². The molecule has 1 rings (SSSR count). The highest BCUT2D eigenvalue weighted by Crippen LogP contribution is 2.29. The average Bonchev–Trinajstić information content (AvgIpc) is 2.90. The highest BCUT2D eigenvalue weighted by atomic mass is 16.6. The lowest BCUT2D eigenvalue weighted by atomic mass is 9.94. The lowest BCUT2D eigenvalue weighted by Crippen LogP contribution is -2.34. The molecule has 5 heteroatoms. The first kappa shape index (κ1) is 22.9. The summed E-state index contributed by atoms with van der Waals surface area (Å²) in [5.41, 5.74) is 0. The molecule has 1 N–H and O–H groups in total. The second-order valence-corrected chi connectivity index (χ2v) is 7.52. The van der Waals surface area contributed by atoms with Gasteiger partial charge in [0.2, 0.25) is 0 Å².